The van der Waals surface area contributed by atoms with Gasteiger partial charge in [0.2, 0.25) is 5.69 Å². The molecule has 0 spiro atoms. The second-order valence-corrected chi connectivity index (χ2v) is 24.3. The standard InChI is InChI=1S/C26H42N5O4PS2Si/c1-16(2)17-9-10-26(6)20(11-17)35-36(37,38-26)34-18-12-21(31-15-30-22-23(27)28-14-29-24(22)31)33-19(18)13-32-39(7,8)25(3,4)5/h14-15,17-21H,1,9-13H2,2-8H3,(H2,27,28,29)/t17-,18?,19?,20+,21?,26+,36-/m1/s1. The summed E-state index contributed by atoms with van der Waals surface area (Å²) in [6.45, 7) is 20.2. The highest BCUT2D eigenvalue weighted by Gasteiger charge is 2.55. The molecule has 13 heteroatoms. The molecule has 2 aromatic rings. The monoisotopic (exact) mass is 611 g/mol. The van der Waals surface area contributed by atoms with Gasteiger partial charge in [0.25, 0.3) is 0 Å². The van der Waals surface area contributed by atoms with Gasteiger partial charge in [-0.3, -0.25) is 4.57 Å². The van der Waals surface area contributed by atoms with Gasteiger partial charge < -0.3 is 23.9 Å². The van der Waals surface area contributed by atoms with Crippen LogP contribution in [0.1, 0.15) is 66.5 Å². The maximum absolute atomic E-state index is 6.80. The summed E-state index contributed by atoms with van der Waals surface area (Å²) in [5.41, 5.74) is 5.84. The summed E-state index contributed by atoms with van der Waals surface area (Å²) >= 11 is 7.90. The Morgan fingerprint density at radius 2 is 2.08 bits per heavy atom. The lowest BCUT2D eigenvalue weighted by atomic mass is 9.77. The predicted molar refractivity (Wildman–Crippen MR) is 164 cm³/mol. The van der Waals surface area contributed by atoms with Gasteiger partial charge in [-0.05, 0) is 69.0 Å². The molecule has 216 valence electrons. The second-order valence-electron chi connectivity index (χ2n) is 12.9. The van der Waals surface area contributed by atoms with Gasteiger partial charge in [0.05, 0.1) is 25.1 Å². The average molecular weight is 612 g/mol. The number of imidazole rings is 1. The summed E-state index contributed by atoms with van der Waals surface area (Å²) in [5.74, 6) is 0.816. The normalized spacial score (nSPS) is 35.4. The first kappa shape index (κ1) is 29.6. The second kappa shape index (κ2) is 10.5. The van der Waals surface area contributed by atoms with E-state index in [9.17, 15) is 0 Å². The van der Waals surface area contributed by atoms with Crippen LogP contribution in [0.3, 0.4) is 0 Å². The number of nitrogen functional groups attached to an aromatic ring is 1. The highest BCUT2D eigenvalue weighted by Crippen LogP contribution is 2.76. The fourth-order valence-electron chi connectivity index (χ4n) is 5.32. The van der Waals surface area contributed by atoms with Crippen molar-refractivity contribution in [2.75, 3.05) is 12.3 Å². The zero-order valence-electron chi connectivity index (χ0n) is 24.0. The number of fused-ring (bicyclic) bond motifs is 2. The number of nitrogens with two attached hydrogens (primary N) is 1. The molecule has 39 heavy (non-hydrogen) atoms. The first-order chi connectivity index (χ1) is 18.1. The fraction of sp³-hybridized carbons (Fsp3) is 0.731. The minimum Gasteiger partial charge on any atom is -0.414 e. The SMILES string of the molecule is C=C(C)[C@@H]1CC[C@]2(C)S[P@](=S)(OC3CC(n4cnc5c(N)ncnc54)OC3CO[Si](C)(C)C(C)(C)C)O[C@H]2C1. The summed E-state index contributed by atoms with van der Waals surface area (Å²) in [4.78, 5) is 12.9. The van der Waals surface area contributed by atoms with E-state index in [1.54, 1.807) is 17.7 Å². The quantitative estimate of drug-likeness (QED) is 0.209. The molecule has 2 saturated heterocycles. The molecule has 3 aliphatic rings. The van der Waals surface area contributed by atoms with E-state index in [-0.39, 0.29) is 34.3 Å². The minimum absolute atomic E-state index is 0.0392. The summed E-state index contributed by atoms with van der Waals surface area (Å²) in [6, 6.07) is 0. The van der Waals surface area contributed by atoms with Crippen LogP contribution in [-0.4, -0.2) is 57.5 Å². The van der Waals surface area contributed by atoms with Gasteiger partial charge in [-0.1, -0.05) is 44.3 Å². The molecular formula is C26H42N5O4PS2Si. The van der Waals surface area contributed by atoms with Gasteiger partial charge >= 0.3 is 0 Å². The highest BCUT2D eigenvalue weighted by molar-refractivity contribution is 8.68. The van der Waals surface area contributed by atoms with E-state index in [0.29, 0.717) is 35.9 Å². The summed E-state index contributed by atoms with van der Waals surface area (Å²) in [6.07, 6.45) is 5.99. The molecule has 7 atom stereocenters. The number of ether oxygens (including phenoxy) is 1. The maximum Gasteiger partial charge on any atom is 0.248 e. The molecule has 3 unspecified atom stereocenters. The van der Waals surface area contributed by atoms with Gasteiger partial charge in [0.15, 0.2) is 19.8 Å². The molecule has 1 saturated carbocycles. The molecule has 4 heterocycles. The molecule has 2 N–H and O–H groups in total. The third kappa shape index (κ3) is 5.77. The van der Waals surface area contributed by atoms with Gasteiger partial charge in [-0.25, -0.2) is 15.0 Å². The Labute approximate surface area is 242 Å². The van der Waals surface area contributed by atoms with Gasteiger partial charge in [0, 0.05) is 11.2 Å². The summed E-state index contributed by atoms with van der Waals surface area (Å²) < 4.78 is 28.5. The average Bonchev–Trinajstić information content (AvgIpc) is 3.49. The largest absolute Gasteiger partial charge is 0.414 e. The van der Waals surface area contributed by atoms with Gasteiger partial charge in [-0.15, -0.1) is 0 Å². The number of hydrogen-bond acceptors (Lipinski definition) is 10. The number of rotatable bonds is 7. The number of nitrogens with zero attached hydrogens (tertiary/aromatic N) is 4. The number of anilines is 1. The minimum atomic E-state index is -2.61. The Morgan fingerprint density at radius 1 is 1.33 bits per heavy atom. The molecule has 3 fully saturated rings. The topological polar surface area (TPSA) is 107 Å². The maximum atomic E-state index is 6.80. The van der Waals surface area contributed by atoms with Crippen molar-refractivity contribution in [3.63, 3.8) is 0 Å². The van der Waals surface area contributed by atoms with Gasteiger partial charge in [0.1, 0.15) is 24.2 Å². The van der Waals surface area contributed by atoms with Crippen LogP contribution in [0.4, 0.5) is 5.82 Å². The summed E-state index contributed by atoms with van der Waals surface area (Å²) in [7, 11) is -2.01. The van der Waals surface area contributed by atoms with E-state index in [2.05, 4.69) is 69.2 Å². The number of aromatic nitrogens is 4. The number of hydrogen-bond donors (Lipinski definition) is 1. The summed E-state index contributed by atoms with van der Waals surface area (Å²) in [5, 5.41) is 0.0805. The molecule has 0 aromatic carbocycles. The van der Waals surface area contributed by atoms with E-state index in [1.165, 1.54) is 11.9 Å². The van der Waals surface area contributed by atoms with E-state index in [1.807, 2.05) is 4.57 Å². The first-order valence-electron chi connectivity index (χ1n) is 13.7. The van der Waals surface area contributed by atoms with Crippen molar-refractivity contribution in [1.82, 2.24) is 19.5 Å². The van der Waals surface area contributed by atoms with Crippen LogP contribution in [0.2, 0.25) is 18.1 Å². The highest BCUT2D eigenvalue weighted by atomic mass is 32.9. The van der Waals surface area contributed by atoms with Crippen molar-refractivity contribution in [3.05, 3.63) is 24.8 Å². The Balaban J connectivity index is 1.38. The van der Waals surface area contributed by atoms with Crippen molar-refractivity contribution < 1.29 is 18.2 Å². The molecule has 9 nitrogen and oxygen atoms in total. The zero-order valence-corrected chi connectivity index (χ0v) is 27.6. The van der Waals surface area contributed by atoms with Crippen LogP contribution in [0.25, 0.3) is 11.2 Å². The smallest absolute Gasteiger partial charge is 0.248 e. The number of allylic oxidation sites excluding steroid dienone is 1. The molecule has 0 amide bonds. The first-order valence-corrected chi connectivity index (χ1v) is 20.6. The van der Waals surface area contributed by atoms with Crippen LogP contribution in [0.15, 0.2) is 24.8 Å². The molecule has 0 bridgehead atoms. The van der Waals surface area contributed by atoms with Crippen LogP contribution < -0.4 is 5.73 Å². The predicted octanol–water partition coefficient (Wildman–Crippen LogP) is 6.59. The zero-order chi connectivity index (χ0) is 28.4. The lowest BCUT2D eigenvalue weighted by Gasteiger charge is -2.37. The molecule has 0 radical (unpaired) electrons. The van der Waals surface area contributed by atoms with E-state index >= 15 is 0 Å². The molecular weight excluding hydrogens is 570 g/mol. The van der Waals surface area contributed by atoms with Crippen LogP contribution in [-0.2, 0) is 30.0 Å². The van der Waals surface area contributed by atoms with Crippen molar-refractivity contribution in [2.24, 2.45) is 5.92 Å². The van der Waals surface area contributed by atoms with Crippen molar-refractivity contribution in [2.45, 2.75) is 108 Å². The van der Waals surface area contributed by atoms with Gasteiger partial charge in [-0.2, -0.15) is 0 Å². The van der Waals surface area contributed by atoms with Crippen LogP contribution in [0, 0.1) is 5.92 Å². The molecule has 5 rings (SSSR count). The van der Waals surface area contributed by atoms with E-state index in [0.717, 1.165) is 19.3 Å². The Hall–Kier alpha value is -0.853. The molecule has 2 aliphatic heterocycles. The Morgan fingerprint density at radius 3 is 2.77 bits per heavy atom. The van der Waals surface area contributed by atoms with E-state index in [4.69, 9.17) is 35.8 Å². The molecule has 2 aromatic heterocycles. The van der Waals surface area contributed by atoms with Crippen molar-refractivity contribution in [3.8, 4) is 0 Å². The lowest BCUT2D eigenvalue weighted by molar-refractivity contribution is -0.0370. The third-order valence-electron chi connectivity index (χ3n) is 9.00. The van der Waals surface area contributed by atoms with Crippen LogP contribution in [0.5, 0.6) is 0 Å². The fourth-order valence-corrected chi connectivity index (χ4v) is 13.9. The molecule has 1 aliphatic carbocycles. The lowest BCUT2D eigenvalue weighted by Crippen LogP contribution is -2.44. The van der Waals surface area contributed by atoms with Crippen molar-refractivity contribution >= 4 is 54.2 Å². The Bertz CT molecular complexity index is 1300. The van der Waals surface area contributed by atoms with Crippen molar-refractivity contribution in [1.29, 1.82) is 0 Å². The van der Waals surface area contributed by atoms with E-state index < -0.39 is 14.0 Å². The third-order valence-corrected chi connectivity index (χ3v) is 19.3. The van der Waals surface area contributed by atoms with Crippen LogP contribution >= 0.6 is 17.1 Å². The Kier molecular flexibility index (Phi) is 7.94.